The SMILES string of the molecule is O=C(N[n+]1ccc(CCCc2ccccc2)cc1)c1ccccc1. The molecule has 24 heavy (non-hydrogen) atoms. The summed E-state index contributed by atoms with van der Waals surface area (Å²) in [7, 11) is 0. The van der Waals surface area contributed by atoms with Gasteiger partial charge in [-0.1, -0.05) is 53.2 Å². The molecule has 0 spiro atoms. The molecule has 0 saturated carbocycles. The Balaban J connectivity index is 1.51. The van der Waals surface area contributed by atoms with E-state index in [0.717, 1.165) is 19.3 Å². The number of aromatic nitrogens is 1. The van der Waals surface area contributed by atoms with E-state index in [9.17, 15) is 4.79 Å². The second kappa shape index (κ2) is 8.06. The molecule has 1 amide bonds. The summed E-state index contributed by atoms with van der Waals surface area (Å²) in [5.74, 6) is -0.113. The van der Waals surface area contributed by atoms with Crippen LogP contribution in [0.4, 0.5) is 0 Å². The number of carbonyl (C=O) groups excluding carboxylic acids is 1. The van der Waals surface area contributed by atoms with Crippen LogP contribution in [0.15, 0.2) is 85.2 Å². The lowest BCUT2D eigenvalue weighted by atomic mass is 10.1. The minimum Gasteiger partial charge on any atom is -0.264 e. The van der Waals surface area contributed by atoms with Crippen LogP contribution in [-0.4, -0.2) is 5.91 Å². The third-order valence-electron chi connectivity index (χ3n) is 3.94. The van der Waals surface area contributed by atoms with Crippen molar-refractivity contribution in [3.8, 4) is 0 Å². The number of pyridine rings is 1. The summed E-state index contributed by atoms with van der Waals surface area (Å²) >= 11 is 0. The first-order valence-electron chi connectivity index (χ1n) is 8.22. The molecule has 0 atom stereocenters. The number of hydrogen-bond donors (Lipinski definition) is 1. The van der Waals surface area contributed by atoms with Gasteiger partial charge >= 0.3 is 5.91 Å². The normalized spacial score (nSPS) is 10.3. The lowest BCUT2D eigenvalue weighted by molar-refractivity contribution is -0.641. The Morgan fingerprint density at radius 2 is 1.29 bits per heavy atom. The van der Waals surface area contributed by atoms with Gasteiger partial charge in [-0.3, -0.25) is 4.79 Å². The van der Waals surface area contributed by atoms with Crippen molar-refractivity contribution in [2.75, 3.05) is 5.43 Å². The Labute approximate surface area is 142 Å². The maximum Gasteiger partial charge on any atom is 0.305 e. The highest BCUT2D eigenvalue weighted by molar-refractivity contribution is 5.98. The maximum atomic E-state index is 12.1. The van der Waals surface area contributed by atoms with E-state index in [1.165, 1.54) is 11.1 Å². The number of rotatable bonds is 6. The van der Waals surface area contributed by atoms with Crippen LogP contribution in [0.3, 0.4) is 0 Å². The minimum absolute atomic E-state index is 0.113. The zero-order chi connectivity index (χ0) is 16.6. The van der Waals surface area contributed by atoms with Crippen molar-refractivity contribution >= 4 is 5.91 Å². The molecule has 3 rings (SSSR count). The molecule has 0 bridgehead atoms. The maximum absolute atomic E-state index is 12.1. The van der Waals surface area contributed by atoms with Crippen LogP contribution in [0.1, 0.15) is 27.9 Å². The zero-order valence-corrected chi connectivity index (χ0v) is 13.6. The van der Waals surface area contributed by atoms with Crippen LogP contribution in [0.25, 0.3) is 0 Å². The quantitative estimate of drug-likeness (QED) is 0.693. The summed E-state index contributed by atoms with van der Waals surface area (Å²) in [5.41, 5.74) is 6.14. The standard InChI is InChI=1S/C21H20N2O/c24-21(20-12-5-2-6-13-20)22-23-16-14-19(15-17-23)11-7-10-18-8-3-1-4-9-18/h1-6,8-9,12-17H,7,10-11H2/p+1. The van der Waals surface area contributed by atoms with Crippen molar-refractivity contribution in [2.45, 2.75) is 19.3 Å². The van der Waals surface area contributed by atoms with Gasteiger partial charge in [0.1, 0.15) is 0 Å². The van der Waals surface area contributed by atoms with Gasteiger partial charge < -0.3 is 0 Å². The molecule has 0 fully saturated rings. The topological polar surface area (TPSA) is 33.0 Å². The van der Waals surface area contributed by atoms with Gasteiger partial charge in [0.25, 0.3) is 0 Å². The summed E-state index contributed by atoms with van der Waals surface area (Å²) in [6, 6.07) is 23.8. The Kier molecular flexibility index (Phi) is 5.36. The lowest BCUT2D eigenvalue weighted by Crippen LogP contribution is -2.47. The fourth-order valence-corrected chi connectivity index (χ4v) is 2.61. The summed E-state index contributed by atoms with van der Waals surface area (Å²) in [6.45, 7) is 0. The summed E-state index contributed by atoms with van der Waals surface area (Å²) in [6.07, 6.45) is 7.00. The highest BCUT2D eigenvalue weighted by atomic mass is 16.2. The van der Waals surface area contributed by atoms with E-state index in [4.69, 9.17) is 0 Å². The number of amides is 1. The van der Waals surface area contributed by atoms with Crippen molar-refractivity contribution < 1.29 is 9.47 Å². The molecule has 1 heterocycles. The van der Waals surface area contributed by atoms with Gasteiger partial charge in [0.05, 0.1) is 0 Å². The highest BCUT2D eigenvalue weighted by Crippen LogP contribution is 2.07. The molecule has 1 aromatic heterocycles. The first-order chi connectivity index (χ1) is 11.8. The average molecular weight is 317 g/mol. The third kappa shape index (κ3) is 4.53. The Hall–Kier alpha value is -2.94. The van der Waals surface area contributed by atoms with Crippen LogP contribution in [-0.2, 0) is 12.8 Å². The third-order valence-corrected chi connectivity index (χ3v) is 3.94. The Morgan fingerprint density at radius 1 is 0.750 bits per heavy atom. The van der Waals surface area contributed by atoms with Gasteiger partial charge in [-0.25, -0.2) is 0 Å². The summed E-state index contributed by atoms with van der Waals surface area (Å²) < 4.78 is 1.69. The molecular formula is C21H21N2O+. The number of carbonyl (C=O) groups is 1. The molecule has 0 aliphatic carbocycles. The van der Waals surface area contributed by atoms with E-state index < -0.39 is 0 Å². The van der Waals surface area contributed by atoms with Gasteiger partial charge in [0, 0.05) is 17.7 Å². The molecule has 3 aromatic rings. The second-order valence-electron chi connectivity index (χ2n) is 5.76. The van der Waals surface area contributed by atoms with E-state index in [2.05, 4.69) is 41.8 Å². The van der Waals surface area contributed by atoms with Gasteiger partial charge in [-0.15, -0.1) is 5.43 Å². The minimum atomic E-state index is -0.113. The molecule has 2 aromatic carbocycles. The van der Waals surface area contributed by atoms with E-state index in [-0.39, 0.29) is 5.91 Å². The largest absolute Gasteiger partial charge is 0.305 e. The Morgan fingerprint density at radius 3 is 1.92 bits per heavy atom. The predicted molar refractivity (Wildman–Crippen MR) is 95.2 cm³/mol. The van der Waals surface area contributed by atoms with E-state index >= 15 is 0 Å². The number of hydrogen-bond acceptors (Lipinski definition) is 1. The number of nitrogens with zero attached hydrogens (tertiary/aromatic N) is 1. The second-order valence-corrected chi connectivity index (χ2v) is 5.76. The van der Waals surface area contributed by atoms with Crippen LogP contribution in [0, 0.1) is 0 Å². The van der Waals surface area contributed by atoms with Crippen molar-refractivity contribution in [1.29, 1.82) is 0 Å². The van der Waals surface area contributed by atoms with Gasteiger partial charge in [-0.05, 0) is 42.5 Å². The van der Waals surface area contributed by atoms with Crippen molar-refractivity contribution in [2.24, 2.45) is 0 Å². The lowest BCUT2D eigenvalue weighted by Gasteiger charge is -2.03. The molecule has 120 valence electrons. The van der Waals surface area contributed by atoms with Gasteiger partial charge in [0.2, 0.25) is 0 Å². The van der Waals surface area contributed by atoms with E-state index in [1.54, 1.807) is 16.8 Å². The molecule has 3 heteroatoms. The van der Waals surface area contributed by atoms with Crippen LogP contribution in [0.5, 0.6) is 0 Å². The van der Waals surface area contributed by atoms with Crippen molar-refractivity contribution in [3.05, 3.63) is 102 Å². The molecule has 0 aliphatic rings. The van der Waals surface area contributed by atoms with Gasteiger partial charge in [0.15, 0.2) is 12.4 Å². The van der Waals surface area contributed by atoms with Gasteiger partial charge in [-0.2, -0.15) is 0 Å². The predicted octanol–water partition coefficient (Wildman–Crippen LogP) is 3.53. The van der Waals surface area contributed by atoms with Crippen LogP contribution in [0.2, 0.25) is 0 Å². The smallest absolute Gasteiger partial charge is 0.264 e. The molecule has 0 saturated heterocycles. The van der Waals surface area contributed by atoms with Crippen LogP contribution >= 0.6 is 0 Å². The van der Waals surface area contributed by atoms with Crippen molar-refractivity contribution in [1.82, 2.24) is 0 Å². The fraction of sp³-hybridized carbons (Fsp3) is 0.143. The highest BCUT2D eigenvalue weighted by Gasteiger charge is 2.09. The molecule has 0 radical (unpaired) electrons. The van der Waals surface area contributed by atoms with E-state index in [1.807, 2.05) is 36.7 Å². The summed E-state index contributed by atoms with van der Waals surface area (Å²) in [5, 5.41) is 0. The fourth-order valence-electron chi connectivity index (χ4n) is 2.61. The molecular weight excluding hydrogens is 296 g/mol. The molecule has 0 unspecified atom stereocenters. The molecule has 0 aliphatic heterocycles. The molecule has 3 nitrogen and oxygen atoms in total. The van der Waals surface area contributed by atoms with E-state index in [0.29, 0.717) is 5.56 Å². The number of aryl methyl sites for hydroxylation is 2. The molecule has 1 N–H and O–H groups in total. The number of benzene rings is 2. The monoisotopic (exact) mass is 317 g/mol. The first-order valence-corrected chi connectivity index (χ1v) is 8.22. The first kappa shape index (κ1) is 15.9. The summed E-state index contributed by atoms with van der Waals surface area (Å²) in [4.78, 5) is 12.1. The van der Waals surface area contributed by atoms with Crippen LogP contribution < -0.4 is 10.1 Å². The zero-order valence-electron chi connectivity index (χ0n) is 13.6. The number of nitrogens with one attached hydrogen (secondary N) is 1. The average Bonchev–Trinajstić information content (AvgIpc) is 2.65. The van der Waals surface area contributed by atoms with Crippen molar-refractivity contribution in [3.63, 3.8) is 0 Å². The Bertz CT molecular complexity index is 768.